The molecule has 1 N–H and O–H groups in total. The highest BCUT2D eigenvalue weighted by Crippen LogP contribution is 2.25. The van der Waals surface area contributed by atoms with E-state index in [-0.39, 0.29) is 12.1 Å². The zero-order valence-electron chi connectivity index (χ0n) is 16.3. The maximum absolute atomic E-state index is 12.3. The molecule has 1 aliphatic rings. The first-order chi connectivity index (χ1) is 14.1. The predicted molar refractivity (Wildman–Crippen MR) is 106 cm³/mol. The van der Waals surface area contributed by atoms with Crippen LogP contribution in [0.3, 0.4) is 0 Å². The van der Waals surface area contributed by atoms with Gasteiger partial charge in [0.2, 0.25) is 0 Å². The van der Waals surface area contributed by atoms with E-state index in [1.807, 2.05) is 48.5 Å². The van der Waals surface area contributed by atoms with E-state index in [1.165, 1.54) is 0 Å². The van der Waals surface area contributed by atoms with Crippen molar-refractivity contribution in [2.45, 2.75) is 19.6 Å². The number of nitrogens with zero attached hydrogens (tertiary/aromatic N) is 3. The molecule has 29 heavy (non-hydrogen) atoms. The number of hydrogen-bond acceptors (Lipinski definition) is 6. The Kier molecular flexibility index (Phi) is 5.33. The minimum atomic E-state index is -0.101. The van der Waals surface area contributed by atoms with Crippen molar-refractivity contribution in [2.75, 3.05) is 20.2 Å². The Balaban J connectivity index is 1.25. The highest BCUT2D eigenvalue weighted by molar-refractivity contribution is 5.75. The summed E-state index contributed by atoms with van der Waals surface area (Å²) in [5, 5.41) is 6.72. The molecule has 1 aromatic heterocycles. The van der Waals surface area contributed by atoms with E-state index in [1.54, 1.807) is 18.9 Å². The summed E-state index contributed by atoms with van der Waals surface area (Å²) in [6.07, 6.45) is -0.0404. The van der Waals surface area contributed by atoms with Crippen LogP contribution in [0.25, 0.3) is 11.5 Å². The molecule has 0 saturated carbocycles. The monoisotopic (exact) mass is 394 g/mol. The van der Waals surface area contributed by atoms with Crippen LogP contribution in [-0.4, -0.2) is 47.4 Å². The normalized spacial score (nSPS) is 13.7. The number of likely N-dealkylation sites (tertiary alicyclic amines) is 1. The molecule has 0 radical (unpaired) electrons. The number of ether oxygens (including phenoxy) is 2. The molecule has 150 valence electrons. The number of carbonyl (C=O) groups is 1. The lowest BCUT2D eigenvalue weighted by Gasteiger charge is -2.38. The van der Waals surface area contributed by atoms with Crippen LogP contribution in [0.4, 0.5) is 4.79 Å². The van der Waals surface area contributed by atoms with Crippen LogP contribution in [0.5, 0.6) is 11.5 Å². The maximum Gasteiger partial charge on any atom is 0.317 e. The first-order valence-corrected chi connectivity index (χ1v) is 9.34. The molecule has 1 aliphatic heterocycles. The molecule has 0 atom stereocenters. The highest BCUT2D eigenvalue weighted by Gasteiger charge is 2.32. The van der Waals surface area contributed by atoms with Crippen molar-refractivity contribution in [3.8, 4) is 23.0 Å². The van der Waals surface area contributed by atoms with E-state index >= 15 is 0 Å². The Morgan fingerprint density at radius 2 is 2.00 bits per heavy atom. The number of benzene rings is 2. The van der Waals surface area contributed by atoms with E-state index in [4.69, 9.17) is 14.0 Å². The van der Waals surface area contributed by atoms with Crippen molar-refractivity contribution in [3.05, 3.63) is 59.9 Å². The van der Waals surface area contributed by atoms with Gasteiger partial charge in [-0.05, 0) is 42.8 Å². The maximum atomic E-state index is 12.3. The third kappa shape index (κ3) is 4.48. The fourth-order valence-electron chi connectivity index (χ4n) is 3.02. The van der Waals surface area contributed by atoms with E-state index in [9.17, 15) is 4.79 Å². The predicted octanol–water partition coefficient (Wildman–Crippen LogP) is 3.03. The van der Waals surface area contributed by atoms with Gasteiger partial charge in [0.25, 0.3) is 5.89 Å². The molecule has 2 amide bonds. The van der Waals surface area contributed by atoms with E-state index in [2.05, 4.69) is 15.5 Å². The summed E-state index contributed by atoms with van der Waals surface area (Å²) in [7, 11) is 1.63. The molecule has 0 spiro atoms. The highest BCUT2D eigenvalue weighted by atomic mass is 16.5. The number of nitrogens with one attached hydrogen (secondary N) is 1. The van der Waals surface area contributed by atoms with Crippen LogP contribution >= 0.6 is 0 Å². The second kappa shape index (κ2) is 8.22. The molecular formula is C21H22N4O4. The van der Waals surface area contributed by atoms with Gasteiger partial charge in [-0.25, -0.2) is 4.79 Å². The van der Waals surface area contributed by atoms with E-state index in [0.29, 0.717) is 37.1 Å². The zero-order valence-corrected chi connectivity index (χ0v) is 16.3. The summed E-state index contributed by atoms with van der Waals surface area (Å²) in [6, 6.07) is 15.0. The van der Waals surface area contributed by atoms with Gasteiger partial charge in [0.1, 0.15) is 17.6 Å². The number of carbonyl (C=O) groups excluding carboxylic acids is 1. The molecule has 2 aromatic carbocycles. The van der Waals surface area contributed by atoms with Crippen LogP contribution in [0.15, 0.2) is 53.1 Å². The molecule has 1 saturated heterocycles. The van der Waals surface area contributed by atoms with E-state index in [0.717, 1.165) is 16.9 Å². The smallest absolute Gasteiger partial charge is 0.317 e. The van der Waals surface area contributed by atoms with Crippen LogP contribution in [-0.2, 0) is 6.54 Å². The number of methoxy groups -OCH3 is 1. The standard InChI is InChI=1S/C21H22N4O4/c1-14-23-20(29-24-14)16-4-3-5-18(10-16)28-19-12-25(13-19)21(26)22-11-15-6-8-17(27-2)9-7-15/h3-10,19H,11-13H2,1-2H3,(H,22,26). The third-order valence-corrected chi connectivity index (χ3v) is 4.65. The second-order valence-electron chi connectivity index (χ2n) is 6.83. The molecule has 8 nitrogen and oxygen atoms in total. The van der Waals surface area contributed by atoms with Gasteiger partial charge in [-0.1, -0.05) is 23.4 Å². The van der Waals surface area contributed by atoms with Crippen molar-refractivity contribution in [1.82, 2.24) is 20.4 Å². The molecule has 8 heteroatoms. The molecule has 2 heterocycles. The number of aryl methyl sites for hydroxylation is 1. The summed E-state index contributed by atoms with van der Waals surface area (Å²) in [5.74, 6) is 2.55. The summed E-state index contributed by atoms with van der Waals surface area (Å²) in [6.45, 7) is 3.32. The molecule has 0 bridgehead atoms. The molecular weight excluding hydrogens is 372 g/mol. The van der Waals surface area contributed by atoms with Gasteiger partial charge in [0, 0.05) is 12.1 Å². The Labute approximate surface area is 168 Å². The van der Waals surface area contributed by atoms with Crippen LogP contribution < -0.4 is 14.8 Å². The lowest BCUT2D eigenvalue weighted by atomic mass is 10.1. The van der Waals surface area contributed by atoms with Gasteiger partial charge < -0.3 is 24.2 Å². The van der Waals surface area contributed by atoms with Gasteiger partial charge >= 0.3 is 6.03 Å². The fourth-order valence-corrected chi connectivity index (χ4v) is 3.02. The van der Waals surface area contributed by atoms with Crippen molar-refractivity contribution in [2.24, 2.45) is 0 Å². The molecule has 1 fully saturated rings. The third-order valence-electron chi connectivity index (χ3n) is 4.65. The van der Waals surface area contributed by atoms with Gasteiger partial charge in [-0.15, -0.1) is 0 Å². The number of hydrogen-bond donors (Lipinski definition) is 1. The summed E-state index contributed by atoms with van der Waals surface area (Å²) in [4.78, 5) is 18.2. The van der Waals surface area contributed by atoms with Crippen LogP contribution in [0.2, 0.25) is 0 Å². The molecule has 0 unspecified atom stereocenters. The summed E-state index contributed by atoms with van der Waals surface area (Å²) >= 11 is 0. The Hall–Kier alpha value is -3.55. The minimum Gasteiger partial charge on any atom is -0.497 e. The summed E-state index contributed by atoms with van der Waals surface area (Å²) < 4.78 is 16.3. The molecule has 0 aliphatic carbocycles. The average Bonchev–Trinajstić information content (AvgIpc) is 3.15. The summed E-state index contributed by atoms with van der Waals surface area (Å²) in [5.41, 5.74) is 1.82. The largest absolute Gasteiger partial charge is 0.497 e. The molecule has 4 rings (SSSR count). The van der Waals surface area contributed by atoms with Crippen molar-refractivity contribution >= 4 is 6.03 Å². The topological polar surface area (TPSA) is 89.7 Å². The lowest BCUT2D eigenvalue weighted by molar-refractivity contribution is 0.0443. The minimum absolute atomic E-state index is 0.0404. The number of amides is 2. The quantitative estimate of drug-likeness (QED) is 0.691. The molecule has 3 aromatic rings. The van der Waals surface area contributed by atoms with Gasteiger partial charge in [-0.2, -0.15) is 4.98 Å². The second-order valence-corrected chi connectivity index (χ2v) is 6.83. The van der Waals surface area contributed by atoms with Gasteiger partial charge in [0.15, 0.2) is 5.82 Å². The fraction of sp³-hybridized carbons (Fsp3) is 0.286. The Bertz CT molecular complexity index is 980. The number of urea groups is 1. The van der Waals surface area contributed by atoms with Crippen LogP contribution in [0, 0.1) is 6.92 Å². The average molecular weight is 394 g/mol. The first-order valence-electron chi connectivity index (χ1n) is 9.34. The Morgan fingerprint density at radius 3 is 2.69 bits per heavy atom. The number of aromatic nitrogens is 2. The van der Waals surface area contributed by atoms with Crippen molar-refractivity contribution < 1.29 is 18.8 Å². The zero-order chi connectivity index (χ0) is 20.2. The van der Waals surface area contributed by atoms with Crippen molar-refractivity contribution in [1.29, 1.82) is 0 Å². The van der Waals surface area contributed by atoms with Gasteiger partial charge in [-0.3, -0.25) is 0 Å². The number of rotatable bonds is 6. The van der Waals surface area contributed by atoms with Crippen LogP contribution in [0.1, 0.15) is 11.4 Å². The first kappa shape index (κ1) is 18.8. The SMILES string of the molecule is COc1ccc(CNC(=O)N2CC(Oc3cccc(-c4nc(C)no4)c3)C2)cc1. The van der Waals surface area contributed by atoms with E-state index < -0.39 is 0 Å². The van der Waals surface area contributed by atoms with Gasteiger partial charge in [0.05, 0.1) is 20.2 Å². The lowest BCUT2D eigenvalue weighted by Crippen LogP contribution is -2.58. The Morgan fingerprint density at radius 1 is 1.21 bits per heavy atom. The van der Waals surface area contributed by atoms with Crippen molar-refractivity contribution in [3.63, 3.8) is 0 Å².